The fourth-order valence-corrected chi connectivity index (χ4v) is 4.54. The summed E-state index contributed by atoms with van der Waals surface area (Å²) in [4.78, 5) is 23.8. The maximum atomic E-state index is 11.9. The summed E-state index contributed by atoms with van der Waals surface area (Å²) >= 11 is 0. The Morgan fingerprint density at radius 2 is 1.73 bits per heavy atom. The molecule has 0 spiro atoms. The molecular weight excluding hydrogens is 280 g/mol. The average molecular weight is 312 g/mol. The van der Waals surface area contributed by atoms with Crippen molar-refractivity contribution in [3.05, 3.63) is 0 Å². The van der Waals surface area contributed by atoms with E-state index in [4.69, 9.17) is 0 Å². The number of unbranched alkanes of at least 4 members (excludes halogenated alkanes) is 1. The highest BCUT2D eigenvalue weighted by Gasteiger charge is 2.56. The second-order valence-corrected chi connectivity index (χ2v) is 6.82. The minimum absolute atomic E-state index is 0.198. The maximum absolute atomic E-state index is 11.9. The van der Waals surface area contributed by atoms with Gasteiger partial charge in [0.15, 0.2) is 5.41 Å². The van der Waals surface area contributed by atoms with E-state index in [0.29, 0.717) is 12.3 Å². The second kappa shape index (κ2) is 8.54. The van der Waals surface area contributed by atoms with Crippen LogP contribution in [0.25, 0.3) is 0 Å². The predicted molar refractivity (Wildman–Crippen MR) is 86.7 cm³/mol. The van der Waals surface area contributed by atoms with Crippen molar-refractivity contribution in [1.82, 2.24) is 0 Å². The molecule has 0 aromatic heterocycles. The molecule has 2 N–H and O–H groups in total. The molecule has 128 valence electrons. The molecule has 1 fully saturated rings. The SMILES string of the molecule is CCCCC(CC)C(CC)C1CCCCC1(C(=O)O)C(=O)O. The number of carboxylic acid groups (broad SMARTS) is 2. The van der Waals surface area contributed by atoms with Crippen LogP contribution in [-0.2, 0) is 9.59 Å². The van der Waals surface area contributed by atoms with Crippen LogP contribution >= 0.6 is 0 Å². The fraction of sp³-hybridized carbons (Fsp3) is 0.889. The molecule has 4 heteroatoms. The largest absolute Gasteiger partial charge is 0.480 e. The van der Waals surface area contributed by atoms with E-state index in [-0.39, 0.29) is 18.3 Å². The number of aliphatic carboxylic acids is 2. The van der Waals surface area contributed by atoms with E-state index in [2.05, 4.69) is 20.8 Å². The van der Waals surface area contributed by atoms with Crippen molar-refractivity contribution in [1.29, 1.82) is 0 Å². The van der Waals surface area contributed by atoms with E-state index < -0.39 is 17.4 Å². The van der Waals surface area contributed by atoms with Crippen LogP contribution in [0.4, 0.5) is 0 Å². The summed E-state index contributed by atoms with van der Waals surface area (Å²) in [7, 11) is 0. The zero-order chi connectivity index (χ0) is 16.8. The van der Waals surface area contributed by atoms with Gasteiger partial charge in [-0.3, -0.25) is 9.59 Å². The molecule has 3 unspecified atom stereocenters. The van der Waals surface area contributed by atoms with Crippen molar-refractivity contribution in [2.75, 3.05) is 0 Å². The number of carboxylic acids is 2. The summed E-state index contributed by atoms with van der Waals surface area (Å²) < 4.78 is 0. The molecule has 0 saturated heterocycles. The molecule has 0 aromatic carbocycles. The van der Waals surface area contributed by atoms with Gasteiger partial charge in [0, 0.05) is 0 Å². The highest BCUT2D eigenvalue weighted by Crippen LogP contribution is 2.49. The van der Waals surface area contributed by atoms with Gasteiger partial charge in [-0.1, -0.05) is 65.7 Å². The van der Waals surface area contributed by atoms with Crippen molar-refractivity contribution >= 4 is 11.9 Å². The molecule has 1 rings (SSSR count). The predicted octanol–water partition coefficient (Wildman–Crippen LogP) is 4.57. The van der Waals surface area contributed by atoms with Crippen LogP contribution in [0.2, 0.25) is 0 Å². The molecule has 1 aliphatic rings. The van der Waals surface area contributed by atoms with Crippen LogP contribution in [0.15, 0.2) is 0 Å². The number of hydrogen-bond acceptors (Lipinski definition) is 2. The summed E-state index contributed by atoms with van der Waals surface area (Å²) in [5, 5.41) is 19.4. The highest BCUT2D eigenvalue weighted by atomic mass is 16.4. The lowest BCUT2D eigenvalue weighted by Crippen LogP contribution is -2.51. The highest BCUT2D eigenvalue weighted by molar-refractivity contribution is 5.98. The Morgan fingerprint density at radius 1 is 1.09 bits per heavy atom. The molecule has 1 aliphatic carbocycles. The van der Waals surface area contributed by atoms with Crippen LogP contribution in [0.1, 0.15) is 78.6 Å². The molecule has 0 aromatic rings. The molecule has 0 amide bonds. The standard InChI is InChI=1S/C18H32O4/c1-4-7-10-13(5-2)14(6-3)15-11-8-9-12-18(15,16(19)20)17(21)22/h13-15H,4-12H2,1-3H3,(H,19,20)(H,21,22). The topological polar surface area (TPSA) is 74.6 Å². The second-order valence-electron chi connectivity index (χ2n) is 6.82. The van der Waals surface area contributed by atoms with E-state index in [0.717, 1.165) is 44.9 Å². The summed E-state index contributed by atoms with van der Waals surface area (Å²) in [5.41, 5.74) is -1.57. The summed E-state index contributed by atoms with van der Waals surface area (Å²) in [6, 6.07) is 0. The van der Waals surface area contributed by atoms with E-state index in [1.165, 1.54) is 0 Å². The lowest BCUT2D eigenvalue weighted by molar-refractivity contribution is -0.175. The first kappa shape index (κ1) is 19.0. The molecule has 0 bridgehead atoms. The quantitative estimate of drug-likeness (QED) is 0.611. The zero-order valence-corrected chi connectivity index (χ0v) is 14.3. The molecule has 4 nitrogen and oxygen atoms in total. The van der Waals surface area contributed by atoms with Gasteiger partial charge in [-0.25, -0.2) is 0 Å². The molecular formula is C18H32O4. The molecule has 0 heterocycles. The molecule has 22 heavy (non-hydrogen) atoms. The summed E-state index contributed by atoms with van der Waals surface area (Å²) in [6.07, 6.45) is 7.89. The average Bonchev–Trinajstić information content (AvgIpc) is 2.51. The van der Waals surface area contributed by atoms with Gasteiger partial charge in [-0.05, 0) is 30.6 Å². The van der Waals surface area contributed by atoms with Gasteiger partial charge in [0.2, 0.25) is 0 Å². The van der Waals surface area contributed by atoms with Crippen LogP contribution in [-0.4, -0.2) is 22.2 Å². The fourth-order valence-electron chi connectivity index (χ4n) is 4.54. The van der Waals surface area contributed by atoms with Crippen molar-refractivity contribution in [2.24, 2.45) is 23.2 Å². The molecule has 0 aliphatic heterocycles. The van der Waals surface area contributed by atoms with Gasteiger partial charge >= 0.3 is 11.9 Å². The Labute approximate surface area is 134 Å². The van der Waals surface area contributed by atoms with Gasteiger partial charge in [0.05, 0.1) is 0 Å². The number of hydrogen-bond donors (Lipinski definition) is 2. The van der Waals surface area contributed by atoms with Crippen LogP contribution in [0.5, 0.6) is 0 Å². The molecule has 1 saturated carbocycles. The normalized spacial score (nSPS) is 23.7. The minimum Gasteiger partial charge on any atom is -0.480 e. The summed E-state index contributed by atoms with van der Waals surface area (Å²) in [5.74, 6) is -1.86. The van der Waals surface area contributed by atoms with Gasteiger partial charge < -0.3 is 10.2 Å². The first-order chi connectivity index (χ1) is 10.4. The van der Waals surface area contributed by atoms with Crippen molar-refractivity contribution in [3.8, 4) is 0 Å². The van der Waals surface area contributed by atoms with E-state index in [9.17, 15) is 19.8 Å². The Hall–Kier alpha value is -1.06. The van der Waals surface area contributed by atoms with Crippen molar-refractivity contribution < 1.29 is 19.8 Å². The lowest BCUT2D eigenvalue weighted by Gasteiger charge is -2.44. The number of rotatable bonds is 9. The molecule has 0 radical (unpaired) electrons. The summed E-state index contributed by atoms with van der Waals surface area (Å²) in [6.45, 7) is 6.39. The van der Waals surface area contributed by atoms with E-state index in [1.807, 2.05) is 0 Å². The number of carbonyl (C=O) groups is 2. The van der Waals surface area contributed by atoms with Crippen LogP contribution < -0.4 is 0 Å². The first-order valence-corrected chi connectivity index (χ1v) is 8.92. The van der Waals surface area contributed by atoms with Crippen molar-refractivity contribution in [3.63, 3.8) is 0 Å². The van der Waals surface area contributed by atoms with Crippen molar-refractivity contribution in [2.45, 2.75) is 78.6 Å². The third-order valence-corrected chi connectivity index (χ3v) is 5.78. The van der Waals surface area contributed by atoms with Gasteiger partial charge in [0.1, 0.15) is 0 Å². The van der Waals surface area contributed by atoms with E-state index in [1.54, 1.807) is 0 Å². The van der Waals surface area contributed by atoms with Crippen LogP contribution in [0, 0.1) is 23.2 Å². The third kappa shape index (κ3) is 3.64. The maximum Gasteiger partial charge on any atom is 0.321 e. The minimum atomic E-state index is -1.57. The Morgan fingerprint density at radius 3 is 2.18 bits per heavy atom. The van der Waals surface area contributed by atoms with Gasteiger partial charge in [0.25, 0.3) is 0 Å². The van der Waals surface area contributed by atoms with Crippen LogP contribution in [0.3, 0.4) is 0 Å². The smallest absolute Gasteiger partial charge is 0.321 e. The Kier molecular flexibility index (Phi) is 7.37. The monoisotopic (exact) mass is 312 g/mol. The van der Waals surface area contributed by atoms with E-state index >= 15 is 0 Å². The van der Waals surface area contributed by atoms with Gasteiger partial charge in [-0.15, -0.1) is 0 Å². The third-order valence-electron chi connectivity index (χ3n) is 5.78. The Balaban J connectivity index is 3.13. The Bertz CT molecular complexity index is 363. The van der Waals surface area contributed by atoms with Gasteiger partial charge in [-0.2, -0.15) is 0 Å². The first-order valence-electron chi connectivity index (χ1n) is 8.92. The molecule has 3 atom stereocenters. The zero-order valence-electron chi connectivity index (χ0n) is 14.3. The lowest BCUT2D eigenvalue weighted by atomic mass is 9.58.